The number of amidine groups is 1. The number of hydrogen-bond acceptors (Lipinski definition) is 3. The topological polar surface area (TPSA) is 78.9 Å². The Morgan fingerprint density at radius 2 is 1.94 bits per heavy atom. The van der Waals surface area contributed by atoms with Crippen LogP contribution in [0.4, 0.5) is 0 Å². The van der Waals surface area contributed by atoms with Gasteiger partial charge in [-0.15, -0.1) is 0 Å². The molecule has 0 heterocycles. The predicted octanol–water partition coefficient (Wildman–Crippen LogP) is 1.26. The zero-order valence-electron chi connectivity index (χ0n) is 10.8. The number of carbonyl (C=O) groups is 1. The van der Waals surface area contributed by atoms with Crippen LogP contribution >= 0.6 is 0 Å². The van der Waals surface area contributed by atoms with Crippen LogP contribution in [0.25, 0.3) is 0 Å². The second kappa shape index (κ2) is 6.35. The molecule has 0 aliphatic heterocycles. The summed E-state index contributed by atoms with van der Waals surface area (Å²) in [5.74, 6) is -0.659. The number of carbonyl (C=O) groups excluding carboxylic acids is 1. The van der Waals surface area contributed by atoms with Crippen LogP contribution in [0.2, 0.25) is 0 Å². The van der Waals surface area contributed by atoms with Gasteiger partial charge in [-0.2, -0.15) is 0 Å². The van der Waals surface area contributed by atoms with Gasteiger partial charge in [0.2, 0.25) is 5.91 Å². The molecule has 0 saturated carbocycles. The molecule has 0 fully saturated rings. The van der Waals surface area contributed by atoms with Crippen molar-refractivity contribution < 1.29 is 10.0 Å². The molecule has 0 aromatic rings. The van der Waals surface area contributed by atoms with E-state index in [9.17, 15) is 4.79 Å². The Kier molecular flexibility index (Phi) is 5.85. The minimum Gasteiger partial charge on any atom is -0.409 e. The van der Waals surface area contributed by atoms with Crippen molar-refractivity contribution in [2.24, 2.45) is 22.7 Å². The SMILES string of the molecule is CCC(C)N(C)C(=O)C(C(N)=NO)C(C)C. The first kappa shape index (κ1) is 14.7. The van der Waals surface area contributed by atoms with E-state index in [0.717, 1.165) is 6.42 Å². The summed E-state index contributed by atoms with van der Waals surface area (Å²) in [6.45, 7) is 7.75. The minimum absolute atomic E-state index is 0.00917. The molecule has 0 aliphatic rings. The standard InChI is InChI=1S/C11H23N3O2/c1-6-8(4)14(5)11(15)9(7(2)3)10(12)13-16/h7-9,16H,6H2,1-5H3,(H2,12,13). The number of rotatable bonds is 5. The zero-order chi connectivity index (χ0) is 12.9. The fraction of sp³-hybridized carbons (Fsp3) is 0.818. The molecular weight excluding hydrogens is 206 g/mol. The molecule has 2 atom stereocenters. The Morgan fingerprint density at radius 3 is 2.25 bits per heavy atom. The summed E-state index contributed by atoms with van der Waals surface area (Å²) in [5, 5.41) is 11.6. The third kappa shape index (κ3) is 3.40. The molecule has 0 radical (unpaired) electrons. The summed E-state index contributed by atoms with van der Waals surface area (Å²) in [4.78, 5) is 13.8. The summed E-state index contributed by atoms with van der Waals surface area (Å²) < 4.78 is 0. The van der Waals surface area contributed by atoms with Gasteiger partial charge >= 0.3 is 0 Å². The zero-order valence-corrected chi connectivity index (χ0v) is 10.8. The lowest BCUT2D eigenvalue weighted by Crippen LogP contribution is -2.45. The lowest BCUT2D eigenvalue weighted by molar-refractivity contribution is -0.135. The minimum atomic E-state index is -0.552. The first-order valence-electron chi connectivity index (χ1n) is 5.60. The summed E-state index contributed by atoms with van der Waals surface area (Å²) in [5.41, 5.74) is 5.55. The fourth-order valence-corrected chi connectivity index (χ4v) is 1.53. The van der Waals surface area contributed by atoms with E-state index in [4.69, 9.17) is 10.9 Å². The van der Waals surface area contributed by atoms with Crippen molar-refractivity contribution in [1.82, 2.24) is 4.90 Å². The summed E-state index contributed by atoms with van der Waals surface area (Å²) in [7, 11) is 1.75. The quantitative estimate of drug-likeness (QED) is 0.322. The maximum absolute atomic E-state index is 12.1. The monoisotopic (exact) mass is 229 g/mol. The Bertz CT molecular complexity index is 264. The molecule has 0 aliphatic carbocycles. The van der Waals surface area contributed by atoms with Gasteiger partial charge in [-0.1, -0.05) is 25.9 Å². The van der Waals surface area contributed by atoms with E-state index in [1.807, 2.05) is 27.7 Å². The van der Waals surface area contributed by atoms with E-state index in [1.165, 1.54) is 0 Å². The summed E-state index contributed by atoms with van der Waals surface area (Å²) in [6.07, 6.45) is 0.878. The molecule has 5 heteroatoms. The van der Waals surface area contributed by atoms with Gasteiger partial charge < -0.3 is 15.8 Å². The molecule has 0 bridgehead atoms. The van der Waals surface area contributed by atoms with Crippen LogP contribution in [0.15, 0.2) is 5.16 Å². The van der Waals surface area contributed by atoms with Gasteiger partial charge in [0.15, 0.2) is 5.84 Å². The average Bonchev–Trinajstić information content (AvgIpc) is 2.26. The van der Waals surface area contributed by atoms with E-state index in [2.05, 4.69) is 5.16 Å². The van der Waals surface area contributed by atoms with Crippen LogP contribution in [-0.2, 0) is 4.79 Å². The van der Waals surface area contributed by atoms with Crippen LogP contribution < -0.4 is 5.73 Å². The van der Waals surface area contributed by atoms with Gasteiger partial charge in [-0.3, -0.25) is 4.79 Å². The maximum Gasteiger partial charge on any atom is 0.233 e. The highest BCUT2D eigenvalue weighted by atomic mass is 16.4. The van der Waals surface area contributed by atoms with Crippen molar-refractivity contribution in [1.29, 1.82) is 0 Å². The molecule has 2 unspecified atom stereocenters. The van der Waals surface area contributed by atoms with Gasteiger partial charge in [0, 0.05) is 13.1 Å². The summed E-state index contributed by atoms with van der Waals surface area (Å²) >= 11 is 0. The number of nitrogens with two attached hydrogens (primary N) is 1. The van der Waals surface area contributed by atoms with Crippen molar-refractivity contribution in [2.75, 3.05) is 7.05 Å². The van der Waals surface area contributed by atoms with Crippen molar-refractivity contribution in [3.05, 3.63) is 0 Å². The Morgan fingerprint density at radius 1 is 1.44 bits per heavy atom. The highest BCUT2D eigenvalue weighted by Gasteiger charge is 2.30. The Hall–Kier alpha value is -1.26. The molecule has 0 aromatic carbocycles. The van der Waals surface area contributed by atoms with Crippen molar-refractivity contribution in [3.8, 4) is 0 Å². The number of oxime groups is 1. The van der Waals surface area contributed by atoms with E-state index in [-0.39, 0.29) is 23.7 Å². The Balaban J connectivity index is 4.89. The lowest BCUT2D eigenvalue weighted by Gasteiger charge is -2.29. The van der Waals surface area contributed by atoms with Crippen molar-refractivity contribution in [3.63, 3.8) is 0 Å². The number of amides is 1. The fourth-order valence-electron chi connectivity index (χ4n) is 1.53. The van der Waals surface area contributed by atoms with Crippen LogP contribution in [0.1, 0.15) is 34.1 Å². The molecule has 0 rings (SSSR count). The average molecular weight is 229 g/mol. The van der Waals surface area contributed by atoms with Gasteiger partial charge in [0.1, 0.15) is 5.92 Å². The highest BCUT2D eigenvalue weighted by Crippen LogP contribution is 2.16. The van der Waals surface area contributed by atoms with Crippen molar-refractivity contribution in [2.45, 2.75) is 40.2 Å². The van der Waals surface area contributed by atoms with Crippen LogP contribution in [0.5, 0.6) is 0 Å². The molecule has 5 nitrogen and oxygen atoms in total. The van der Waals surface area contributed by atoms with Gasteiger partial charge in [-0.25, -0.2) is 0 Å². The number of nitrogens with zero attached hydrogens (tertiary/aromatic N) is 2. The maximum atomic E-state index is 12.1. The van der Waals surface area contributed by atoms with Crippen molar-refractivity contribution >= 4 is 11.7 Å². The molecular formula is C11H23N3O2. The molecule has 1 amide bonds. The molecule has 0 aromatic heterocycles. The molecule has 94 valence electrons. The second-order valence-corrected chi connectivity index (χ2v) is 4.45. The molecule has 3 N–H and O–H groups in total. The first-order chi connectivity index (χ1) is 7.36. The first-order valence-corrected chi connectivity index (χ1v) is 5.60. The highest BCUT2D eigenvalue weighted by molar-refractivity contribution is 6.02. The largest absolute Gasteiger partial charge is 0.409 e. The van der Waals surface area contributed by atoms with E-state index in [1.54, 1.807) is 11.9 Å². The number of hydrogen-bond donors (Lipinski definition) is 2. The molecule has 0 saturated heterocycles. The third-order valence-corrected chi connectivity index (χ3v) is 2.97. The van der Waals surface area contributed by atoms with Gasteiger partial charge in [-0.05, 0) is 19.3 Å². The normalized spacial score (nSPS) is 16.0. The third-order valence-electron chi connectivity index (χ3n) is 2.97. The van der Waals surface area contributed by atoms with Gasteiger partial charge in [0.25, 0.3) is 0 Å². The van der Waals surface area contributed by atoms with E-state index in [0.29, 0.717) is 0 Å². The molecule has 0 spiro atoms. The van der Waals surface area contributed by atoms with Crippen LogP contribution in [0.3, 0.4) is 0 Å². The Labute approximate surface area is 97.3 Å². The summed E-state index contributed by atoms with van der Waals surface area (Å²) in [6, 6.07) is 0.153. The van der Waals surface area contributed by atoms with E-state index >= 15 is 0 Å². The second-order valence-electron chi connectivity index (χ2n) is 4.45. The smallest absolute Gasteiger partial charge is 0.233 e. The van der Waals surface area contributed by atoms with Crippen LogP contribution in [0, 0.1) is 11.8 Å². The predicted molar refractivity (Wildman–Crippen MR) is 64.3 cm³/mol. The van der Waals surface area contributed by atoms with Gasteiger partial charge in [0.05, 0.1) is 0 Å². The molecule has 16 heavy (non-hydrogen) atoms. The van der Waals surface area contributed by atoms with E-state index < -0.39 is 5.92 Å². The van der Waals surface area contributed by atoms with Crippen LogP contribution in [-0.4, -0.2) is 34.9 Å². The lowest BCUT2D eigenvalue weighted by atomic mass is 9.93.